The third-order valence-electron chi connectivity index (χ3n) is 6.63. The highest BCUT2D eigenvalue weighted by Crippen LogP contribution is 2.39. The van der Waals surface area contributed by atoms with Gasteiger partial charge in [0.25, 0.3) is 11.8 Å². The van der Waals surface area contributed by atoms with Gasteiger partial charge in [0.2, 0.25) is 0 Å². The number of aliphatic hydroxyl groups excluding tert-OH is 2. The predicted molar refractivity (Wildman–Crippen MR) is 140 cm³/mol. The van der Waals surface area contributed by atoms with Crippen LogP contribution in [0, 0.1) is 0 Å². The van der Waals surface area contributed by atoms with E-state index in [1.165, 1.54) is 4.90 Å². The van der Waals surface area contributed by atoms with Crippen molar-refractivity contribution in [3.8, 4) is 0 Å². The minimum atomic E-state index is -0.579. The van der Waals surface area contributed by atoms with Crippen LogP contribution in [0.3, 0.4) is 0 Å². The molecule has 2 N–H and O–H groups in total. The van der Waals surface area contributed by atoms with E-state index >= 15 is 0 Å². The zero-order chi connectivity index (χ0) is 25.8. The second-order valence-electron chi connectivity index (χ2n) is 9.13. The molecule has 192 valence electrons. The molecular weight excluding hydrogens is 490 g/mol. The Kier molecular flexibility index (Phi) is 8.02. The van der Waals surface area contributed by atoms with E-state index in [0.717, 1.165) is 28.0 Å². The number of aliphatic hydroxyl groups is 2. The molecule has 0 bridgehead atoms. The zero-order valence-electron chi connectivity index (χ0n) is 20.3. The van der Waals surface area contributed by atoms with Crippen LogP contribution in [0.15, 0.2) is 72.8 Å². The Balaban J connectivity index is 1.30. The highest BCUT2D eigenvalue weighted by Gasteiger charge is 2.35. The summed E-state index contributed by atoms with van der Waals surface area (Å²) in [5.74, 6) is 0.834. The van der Waals surface area contributed by atoms with E-state index in [1.54, 1.807) is 36.0 Å². The van der Waals surface area contributed by atoms with E-state index < -0.39 is 6.29 Å². The van der Waals surface area contributed by atoms with Gasteiger partial charge in [0.1, 0.15) is 0 Å². The number of ether oxygens (including phenoxy) is 2. The summed E-state index contributed by atoms with van der Waals surface area (Å²) in [6.07, 6.45) is -0.130. The summed E-state index contributed by atoms with van der Waals surface area (Å²) >= 11 is 1.64. The van der Waals surface area contributed by atoms with Gasteiger partial charge in [-0.3, -0.25) is 14.5 Å². The molecule has 2 aliphatic heterocycles. The maximum Gasteiger partial charge on any atom is 0.261 e. The molecule has 2 aliphatic rings. The average molecular weight is 520 g/mol. The normalized spacial score (nSPS) is 21.4. The van der Waals surface area contributed by atoms with Crippen molar-refractivity contribution in [2.75, 3.05) is 18.1 Å². The number of carbonyl (C=O) groups is 2. The van der Waals surface area contributed by atoms with E-state index in [2.05, 4.69) is 0 Å². The van der Waals surface area contributed by atoms with E-state index in [0.29, 0.717) is 23.3 Å². The Bertz CT molecular complexity index is 1210. The number of fused-ring (bicyclic) bond motifs is 1. The van der Waals surface area contributed by atoms with Crippen molar-refractivity contribution in [2.24, 2.45) is 0 Å². The van der Waals surface area contributed by atoms with E-state index in [4.69, 9.17) is 14.6 Å². The zero-order valence-corrected chi connectivity index (χ0v) is 21.1. The van der Waals surface area contributed by atoms with Crippen molar-refractivity contribution in [1.82, 2.24) is 4.90 Å². The minimum absolute atomic E-state index is 0.00890. The molecule has 3 aromatic carbocycles. The molecule has 1 saturated heterocycles. The Hall–Kier alpha value is -3.01. The summed E-state index contributed by atoms with van der Waals surface area (Å²) in [4.78, 5) is 26.7. The Morgan fingerprint density at radius 3 is 2.05 bits per heavy atom. The van der Waals surface area contributed by atoms with Crippen LogP contribution < -0.4 is 0 Å². The third-order valence-corrected chi connectivity index (χ3v) is 7.70. The Labute approximate surface area is 220 Å². The Morgan fingerprint density at radius 2 is 1.43 bits per heavy atom. The first-order chi connectivity index (χ1) is 18.1. The fourth-order valence-corrected chi connectivity index (χ4v) is 5.42. The maximum absolute atomic E-state index is 12.7. The monoisotopic (exact) mass is 519 g/mol. The first kappa shape index (κ1) is 25.6. The van der Waals surface area contributed by atoms with E-state index in [-0.39, 0.29) is 43.8 Å². The van der Waals surface area contributed by atoms with Gasteiger partial charge in [0.05, 0.1) is 43.1 Å². The van der Waals surface area contributed by atoms with Gasteiger partial charge in [0, 0.05) is 23.5 Å². The molecule has 8 heteroatoms. The van der Waals surface area contributed by atoms with Crippen LogP contribution in [0.2, 0.25) is 0 Å². The standard InChI is InChI=1S/C29H29NO6S/c31-13-14-37-18-23-15-26(21-9-7-20(17-32)8-10-21)36-29(35-23)22-11-5-19(6-12-22)16-30-27(33)24-3-1-2-4-25(24)28(30)34/h1-12,23,26,29,31-32H,13-18H2/t23-,26+,29+/m0/s1. The lowest BCUT2D eigenvalue weighted by Crippen LogP contribution is -2.31. The average Bonchev–Trinajstić information content (AvgIpc) is 3.18. The molecule has 0 unspecified atom stereocenters. The molecule has 3 aromatic rings. The van der Waals surface area contributed by atoms with Gasteiger partial charge in [-0.05, 0) is 28.8 Å². The number of thioether (sulfide) groups is 1. The molecule has 2 amide bonds. The van der Waals surface area contributed by atoms with Crippen molar-refractivity contribution in [2.45, 2.75) is 38.1 Å². The molecule has 37 heavy (non-hydrogen) atoms. The molecule has 7 nitrogen and oxygen atoms in total. The van der Waals surface area contributed by atoms with Crippen molar-refractivity contribution in [1.29, 1.82) is 0 Å². The van der Waals surface area contributed by atoms with Crippen LogP contribution in [0.25, 0.3) is 0 Å². The number of rotatable bonds is 9. The summed E-state index contributed by atoms with van der Waals surface area (Å²) < 4.78 is 12.6. The lowest BCUT2D eigenvalue weighted by Gasteiger charge is -2.36. The van der Waals surface area contributed by atoms with Gasteiger partial charge in [-0.25, -0.2) is 0 Å². The minimum Gasteiger partial charge on any atom is -0.396 e. The maximum atomic E-state index is 12.7. The number of amides is 2. The molecule has 1 fully saturated rings. The second kappa shape index (κ2) is 11.6. The highest BCUT2D eigenvalue weighted by atomic mass is 32.2. The molecule has 5 rings (SSSR count). The van der Waals surface area contributed by atoms with E-state index in [9.17, 15) is 14.7 Å². The summed E-state index contributed by atoms with van der Waals surface area (Å²) in [5.41, 5.74) is 4.42. The van der Waals surface area contributed by atoms with Crippen LogP contribution >= 0.6 is 11.8 Å². The molecule has 0 aliphatic carbocycles. The van der Waals surface area contributed by atoms with Crippen molar-refractivity contribution < 1.29 is 29.3 Å². The summed E-state index contributed by atoms with van der Waals surface area (Å²) in [5, 5.41) is 18.5. The fourth-order valence-electron chi connectivity index (χ4n) is 4.65. The van der Waals surface area contributed by atoms with Crippen LogP contribution in [-0.2, 0) is 22.6 Å². The van der Waals surface area contributed by atoms with Crippen molar-refractivity contribution >= 4 is 23.6 Å². The molecule has 0 saturated carbocycles. The molecule has 2 heterocycles. The summed E-state index contributed by atoms with van der Waals surface area (Å²) in [7, 11) is 0. The first-order valence-corrected chi connectivity index (χ1v) is 13.5. The topological polar surface area (TPSA) is 96.3 Å². The van der Waals surface area contributed by atoms with Crippen molar-refractivity contribution in [3.63, 3.8) is 0 Å². The van der Waals surface area contributed by atoms with Crippen LogP contribution in [0.5, 0.6) is 0 Å². The predicted octanol–water partition coefficient (Wildman–Crippen LogP) is 4.25. The largest absolute Gasteiger partial charge is 0.396 e. The number of hydrogen-bond donors (Lipinski definition) is 2. The highest BCUT2D eigenvalue weighted by molar-refractivity contribution is 7.99. The van der Waals surface area contributed by atoms with Gasteiger partial charge in [-0.1, -0.05) is 60.7 Å². The number of benzene rings is 3. The van der Waals surface area contributed by atoms with Crippen LogP contribution in [0.4, 0.5) is 0 Å². The van der Waals surface area contributed by atoms with Gasteiger partial charge >= 0.3 is 0 Å². The smallest absolute Gasteiger partial charge is 0.261 e. The van der Waals surface area contributed by atoms with Crippen LogP contribution in [0.1, 0.15) is 61.8 Å². The van der Waals surface area contributed by atoms with Gasteiger partial charge in [-0.15, -0.1) is 0 Å². The fraction of sp³-hybridized carbons (Fsp3) is 0.310. The number of carbonyl (C=O) groups excluding carboxylic acids is 2. The molecule has 0 aromatic heterocycles. The molecule has 0 radical (unpaired) electrons. The Morgan fingerprint density at radius 1 is 0.811 bits per heavy atom. The van der Waals surface area contributed by atoms with Gasteiger partial charge in [0.15, 0.2) is 6.29 Å². The number of nitrogens with zero attached hydrogens (tertiary/aromatic N) is 1. The second-order valence-corrected chi connectivity index (χ2v) is 10.3. The lowest BCUT2D eigenvalue weighted by atomic mass is 10.0. The molecular formula is C29H29NO6S. The number of hydrogen-bond acceptors (Lipinski definition) is 7. The molecule has 0 spiro atoms. The SMILES string of the molecule is O=C1c2ccccc2C(=O)N1Cc1ccc([C@@H]2O[C@H](CSCCO)C[C@H](c3ccc(CO)cc3)O2)cc1. The third kappa shape index (κ3) is 5.63. The summed E-state index contributed by atoms with van der Waals surface area (Å²) in [6, 6.07) is 22.2. The quantitative estimate of drug-likeness (QED) is 0.322. The van der Waals surface area contributed by atoms with Crippen LogP contribution in [-0.4, -0.2) is 51.1 Å². The molecule has 3 atom stereocenters. The lowest BCUT2D eigenvalue weighted by molar-refractivity contribution is -0.245. The number of imide groups is 1. The van der Waals surface area contributed by atoms with E-state index in [1.807, 2.05) is 48.5 Å². The van der Waals surface area contributed by atoms with Gasteiger partial charge < -0.3 is 19.7 Å². The van der Waals surface area contributed by atoms with Crippen molar-refractivity contribution in [3.05, 3.63) is 106 Å². The first-order valence-electron chi connectivity index (χ1n) is 12.3. The summed E-state index contributed by atoms with van der Waals surface area (Å²) in [6.45, 7) is 0.308. The van der Waals surface area contributed by atoms with Gasteiger partial charge in [-0.2, -0.15) is 11.8 Å².